The molecule has 0 spiro atoms. The first kappa shape index (κ1) is 26.5. The number of aromatic nitrogens is 2. The zero-order valence-electron chi connectivity index (χ0n) is 22.2. The molecular weight excluding hydrogens is 716 g/mol. The van der Waals surface area contributed by atoms with Crippen LogP contribution in [0, 0.1) is 12.1 Å². The predicted molar refractivity (Wildman–Crippen MR) is 164 cm³/mol. The molecular formula is C37H22N2OPtS. The maximum Gasteiger partial charge on any atom is 2.00 e. The number of rotatable bonds is 5. The summed E-state index contributed by atoms with van der Waals surface area (Å²) in [4.78, 5) is 9.56. The summed E-state index contributed by atoms with van der Waals surface area (Å²) in [5.41, 5.74) is 7.93. The second-order valence-electron chi connectivity index (χ2n) is 10.1. The van der Waals surface area contributed by atoms with Gasteiger partial charge in [0.15, 0.2) is 0 Å². The molecule has 0 atom stereocenters. The Labute approximate surface area is 262 Å². The Hall–Kier alpha value is -4.37. The van der Waals surface area contributed by atoms with E-state index in [1.807, 2.05) is 48.1 Å². The Morgan fingerprint density at radius 1 is 0.667 bits per heavy atom. The van der Waals surface area contributed by atoms with Gasteiger partial charge in [0.25, 0.3) is 0 Å². The van der Waals surface area contributed by atoms with Gasteiger partial charge in [-0.05, 0) is 50.9 Å². The molecule has 5 heteroatoms. The van der Waals surface area contributed by atoms with Crippen molar-refractivity contribution in [3.63, 3.8) is 0 Å². The molecule has 0 fully saturated rings. The molecule has 0 N–H and O–H groups in total. The largest absolute Gasteiger partial charge is 2.00 e. The van der Waals surface area contributed by atoms with Crippen molar-refractivity contribution in [1.29, 1.82) is 0 Å². The molecule has 8 rings (SSSR count). The first-order valence-electron chi connectivity index (χ1n) is 13.5. The van der Waals surface area contributed by atoms with Crippen LogP contribution in [0.25, 0.3) is 33.2 Å². The molecule has 0 saturated heterocycles. The summed E-state index contributed by atoms with van der Waals surface area (Å²) in [6, 6.07) is 46.8. The maximum absolute atomic E-state index is 6.38. The molecule has 0 bridgehead atoms. The number of fused-ring (bicyclic) bond motifs is 4. The van der Waals surface area contributed by atoms with Gasteiger partial charge in [-0.15, -0.1) is 29.1 Å². The van der Waals surface area contributed by atoms with Crippen LogP contribution in [-0.2, 0) is 26.5 Å². The Kier molecular flexibility index (Phi) is 6.82. The smallest absolute Gasteiger partial charge is 0.487 e. The molecule has 1 aliphatic rings. The second kappa shape index (κ2) is 10.8. The molecule has 0 unspecified atom stereocenters. The van der Waals surface area contributed by atoms with E-state index in [2.05, 4.69) is 102 Å². The van der Waals surface area contributed by atoms with Crippen molar-refractivity contribution in [3.05, 3.63) is 168 Å². The average Bonchev–Trinajstić information content (AvgIpc) is 3.63. The van der Waals surface area contributed by atoms with Crippen LogP contribution in [0.4, 0.5) is 0 Å². The van der Waals surface area contributed by atoms with Crippen molar-refractivity contribution < 1.29 is 25.8 Å². The molecule has 0 aliphatic heterocycles. The van der Waals surface area contributed by atoms with Crippen molar-refractivity contribution in [1.82, 2.24) is 9.97 Å². The van der Waals surface area contributed by atoms with E-state index in [1.54, 1.807) is 0 Å². The van der Waals surface area contributed by atoms with E-state index in [0.29, 0.717) is 10.8 Å². The summed E-state index contributed by atoms with van der Waals surface area (Å²) < 4.78 is 6.38. The van der Waals surface area contributed by atoms with Crippen LogP contribution in [0.5, 0.6) is 10.8 Å². The van der Waals surface area contributed by atoms with Gasteiger partial charge in [0, 0.05) is 18.1 Å². The molecule has 3 heterocycles. The first-order valence-corrected chi connectivity index (χ1v) is 14.4. The summed E-state index contributed by atoms with van der Waals surface area (Å²) in [6.07, 6.45) is 3.77. The maximum atomic E-state index is 6.38. The number of thiophene rings is 1. The van der Waals surface area contributed by atoms with E-state index >= 15 is 0 Å². The second-order valence-corrected chi connectivity index (χ2v) is 10.9. The van der Waals surface area contributed by atoms with Gasteiger partial charge < -0.3 is 9.72 Å². The van der Waals surface area contributed by atoms with E-state index in [-0.39, 0.29) is 21.1 Å². The van der Waals surface area contributed by atoms with E-state index in [0.717, 1.165) is 33.3 Å². The summed E-state index contributed by atoms with van der Waals surface area (Å²) >= 11 is 1.51. The van der Waals surface area contributed by atoms with Gasteiger partial charge >= 0.3 is 21.1 Å². The van der Waals surface area contributed by atoms with Crippen molar-refractivity contribution in [2.24, 2.45) is 0 Å². The summed E-state index contributed by atoms with van der Waals surface area (Å²) in [5, 5.41) is 4.97. The summed E-state index contributed by atoms with van der Waals surface area (Å²) in [6.45, 7) is 0. The van der Waals surface area contributed by atoms with Crippen molar-refractivity contribution in [2.75, 3.05) is 0 Å². The minimum absolute atomic E-state index is 0. The van der Waals surface area contributed by atoms with Gasteiger partial charge in [0.2, 0.25) is 0 Å². The number of nitrogens with zero attached hydrogens (tertiary/aromatic N) is 2. The minimum Gasteiger partial charge on any atom is -0.487 e. The standard InChI is InChI=1S/C37H22N2OS.Pt/c1-2-11-26-23-39-34(20-25(26)10-1)27-21-36(41-24-27)40-29-13-9-12-28(22-29)37(35-18-7-8-19-38-35)32-16-5-3-14-30(32)31-15-4-6-17-33(31)37;/h1-20,23-24H;/q-2;+2. The van der Waals surface area contributed by atoms with E-state index in [4.69, 9.17) is 9.72 Å². The Morgan fingerprint density at radius 2 is 1.38 bits per heavy atom. The Morgan fingerprint density at radius 3 is 2.14 bits per heavy atom. The molecule has 3 nitrogen and oxygen atoms in total. The monoisotopic (exact) mass is 737 g/mol. The summed E-state index contributed by atoms with van der Waals surface area (Å²) in [7, 11) is 0. The molecule has 0 radical (unpaired) electrons. The fourth-order valence-electron chi connectivity index (χ4n) is 6.04. The average molecular weight is 738 g/mol. The number of ether oxygens (including phenoxy) is 1. The molecule has 42 heavy (non-hydrogen) atoms. The minimum atomic E-state index is -0.618. The number of pyridine rings is 2. The van der Waals surface area contributed by atoms with Gasteiger partial charge in [-0.3, -0.25) is 4.98 Å². The fraction of sp³-hybridized carbons (Fsp3) is 0.0270. The quantitative estimate of drug-likeness (QED) is 0.166. The van der Waals surface area contributed by atoms with E-state index < -0.39 is 5.41 Å². The molecule has 7 aromatic rings. The zero-order valence-corrected chi connectivity index (χ0v) is 25.3. The topological polar surface area (TPSA) is 35.0 Å². The van der Waals surface area contributed by atoms with Crippen molar-refractivity contribution in [2.45, 2.75) is 5.41 Å². The summed E-state index contributed by atoms with van der Waals surface area (Å²) in [5.74, 6) is 0.635. The predicted octanol–water partition coefficient (Wildman–Crippen LogP) is 9.11. The third kappa shape index (κ3) is 4.22. The van der Waals surface area contributed by atoms with Crippen LogP contribution in [-0.4, -0.2) is 9.97 Å². The van der Waals surface area contributed by atoms with Crippen LogP contribution in [0.15, 0.2) is 133 Å². The molecule has 1 aliphatic carbocycles. The van der Waals surface area contributed by atoms with Crippen molar-refractivity contribution >= 4 is 22.1 Å². The van der Waals surface area contributed by atoms with Crippen LogP contribution in [0.3, 0.4) is 0 Å². The first-order chi connectivity index (χ1) is 20.3. The van der Waals surface area contributed by atoms with Crippen LogP contribution >= 0.6 is 11.3 Å². The molecule has 4 aromatic carbocycles. The van der Waals surface area contributed by atoms with Gasteiger partial charge in [0.05, 0.1) is 11.1 Å². The third-order valence-electron chi connectivity index (χ3n) is 7.80. The van der Waals surface area contributed by atoms with Crippen LogP contribution < -0.4 is 4.74 Å². The molecule has 3 aromatic heterocycles. The SMILES string of the molecule is [Pt+2].[c-]1c(Oc2[c-]c(-c3cc4ccccc4cn3)cs2)cccc1C1(c2ccccn2)c2ccccc2-c2ccccc21. The van der Waals surface area contributed by atoms with E-state index in [9.17, 15) is 0 Å². The normalized spacial score (nSPS) is 12.8. The van der Waals surface area contributed by atoms with Gasteiger partial charge in [-0.25, -0.2) is 0 Å². The van der Waals surface area contributed by atoms with Gasteiger partial charge in [0.1, 0.15) is 5.06 Å². The van der Waals surface area contributed by atoms with E-state index in [1.165, 1.54) is 33.6 Å². The number of benzene rings is 4. The third-order valence-corrected chi connectivity index (χ3v) is 8.56. The number of hydrogen-bond donors (Lipinski definition) is 0. The zero-order chi connectivity index (χ0) is 27.2. The Balaban J connectivity index is 0.00000288. The fourth-order valence-corrected chi connectivity index (χ4v) is 6.75. The molecule has 0 amide bonds. The van der Waals surface area contributed by atoms with Gasteiger partial charge in [-0.1, -0.05) is 84.9 Å². The number of hydrogen-bond acceptors (Lipinski definition) is 4. The van der Waals surface area contributed by atoms with Crippen LogP contribution in [0.1, 0.15) is 22.4 Å². The molecule has 202 valence electrons. The van der Waals surface area contributed by atoms with Crippen molar-refractivity contribution in [3.8, 4) is 33.2 Å². The van der Waals surface area contributed by atoms with Crippen LogP contribution in [0.2, 0.25) is 0 Å². The Bertz CT molecular complexity index is 2010. The molecule has 0 saturated carbocycles. The van der Waals surface area contributed by atoms with Gasteiger partial charge in [-0.2, -0.15) is 29.0 Å².